The van der Waals surface area contributed by atoms with Gasteiger partial charge in [-0.25, -0.2) is 0 Å². The van der Waals surface area contributed by atoms with Gasteiger partial charge in [-0.1, -0.05) is 149 Å². The van der Waals surface area contributed by atoms with Crippen LogP contribution in [-0.2, 0) is 0 Å². The summed E-state index contributed by atoms with van der Waals surface area (Å²) >= 11 is 3.52. The van der Waals surface area contributed by atoms with Crippen LogP contribution in [0.5, 0.6) is 11.5 Å². The number of hydrogen-bond acceptors (Lipinski definition) is 3. The molecule has 0 aliphatic carbocycles. The fraction of sp³-hybridized carbons (Fsp3) is 0.477. The lowest BCUT2D eigenvalue weighted by atomic mass is 10.0. The van der Waals surface area contributed by atoms with E-state index in [-0.39, 0.29) is 0 Å². The highest BCUT2D eigenvalue weighted by molar-refractivity contribution is 9.10. The maximum Gasteiger partial charge on any atom is 0.136 e. The van der Waals surface area contributed by atoms with Gasteiger partial charge in [0.2, 0.25) is 0 Å². The first-order valence-electron chi connectivity index (χ1n) is 18.6. The van der Waals surface area contributed by atoms with Crippen LogP contribution in [0.25, 0.3) is 11.1 Å². The van der Waals surface area contributed by atoms with Crippen molar-refractivity contribution in [2.45, 2.75) is 123 Å². The second-order valence-electron chi connectivity index (χ2n) is 13.6. The molecule has 0 aliphatic rings. The molecule has 3 aromatic carbocycles. The molecule has 0 bridgehead atoms. The van der Waals surface area contributed by atoms with Gasteiger partial charge in [-0.3, -0.25) is 0 Å². The second-order valence-corrected chi connectivity index (χ2v) is 19.0. The van der Waals surface area contributed by atoms with Gasteiger partial charge in [-0.2, -0.15) is 5.26 Å². The van der Waals surface area contributed by atoms with Crippen LogP contribution in [0.2, 0.25) is 19.1 Å². The molecule has 0 saturated carbocycles. The van der Waals surface area contributed by atoms with Crippen molar-refractivity contribution in [1.29, 1.82) is 5.26 Å². The van der Waals surface area contributed by atoms with Gasteiger partial charge in [0.1, 0.15) is 19.6 Å². The van der Waals surface area contributed by atoms with Crippen LogP contribution in [0.1, 0.15) is 120 Å². The van der Waals surface area contributed by atoms with Gasteiger partial charge in [-0.15, -0.1) is 5.54 Å². The smallest absolute Gasteiger partial charge is 0.136 e. The molecular formula is C44H56BrNO2Si. The minimum absolute atomic E-state index is 0.585. The first-order chi connectivity index (χ1) is 23.8. The summed E-state index contributed by atoms with van der Waals surface area (Å²) in [5.74, 6) is 11.9. The molecule has 260 valence electrons. The Morgan fingerprint density at radius 2 is 1.10 bits per heavy atom. The molecule has 0 fully saturated rings. The highest BCUT2D eigenvalue weighted by Crippen LogP contribution is 2.30. The molecule has 0 radical (unpaired) electrons. The third-order valence-corrected chi connectivity index (χ3v) is 11.6. The number of halogens is 1. The van der Waals surface area contributed by atoms with Gasteiger partial charge in [0.05, 0.1) is 30.4 Å². The van der Waals surface area contributed by atoms with Gasteiger partial charge >= 0.3 is 0 Å². The van der Waals surface area contributed by atoms with E-state index in [4.69, 9.17) is 14.7 Å². The molecule has 0 atom stereocenters. The molecular weight excluding hydrogens is 682 g/mol. The zero-order valence-corrected chi connectivity index (χ0v) is 33.0. The zero-order valence-electron chi connectivity index (χ0n) is 30.4. The van der Waals surface area contributed by atoms with E-state index < -0.39 is 8.07 Å². The normalized spacial score (nSPS) is 10.8. The molecule has 5 heteroatoms. The number of hydrogen-bond donors (Lipinski definition) is 0. The molecule has 49 heavy (non-hydrogen) atoms. The van der Waals surface area contributed by atoms with E-state index in [1.54, 1.807) is 0 Å². The number of benzene rings is 3. The fourth-order valence-corrected chi connectivity index (χ4v) is 7.48. The summed E-state index contributed by atoms with van der Waals surface area (Å²) in [6, 6.07) is 24.2. The predicted octanol–water partition coefficient (Wildman–Crippen LogP) is 12.9. The largest absolute Gasteiger partial charge is 0.492 e. The van der Waals surface area contributed by atoms with Crippen LogP contribution < -0.4 is 9.47 Å². The number of rotatable bonds is 20. The zero-order chi connectivity index (χ0) is 35.2. The Hall–Kier alpha value is -3.43. The molecule has 3 aromatic rings. The molecule has 3 nitrogen and oxygen atoms in total. The topological polar surface area (TPSA) is 42.2 Å². The Kier molecular flexibility index (Phi) is 18.8. The number of ether oxygens (including phenoxy) is 2. The van der Waals surface area contributed by atoms with Crippen molar-refractivity contribution in [3.05, 3.63) is 81.8 Å². The van der Waals surface area contributed by atoms with Crippen molar-refractivity contribution in [2.24, 2.45) is 0 Å². The van der Waals surface area contributed by atoms with Crippen molar-refractivity contribution in [3.8, 4) is 52.0 Å². The van der Waals surface area contributed by atoms with Gasteiger partial charge < -0.3 is 9.47 Å². The molecule has 3 rings (SSSR count). The quantitative estimate of drug-likeness (QED) is 0.0658. The maximum atomic E-state index is 9.04. The van der Waals surface area contributed by atoms with Crippen molar-refractivity contribution < 1.29 is 9.47 Å². The van der Waals surface area contributed by atoms with Crippen LogP contribution in [0.3, 0.4) is 0 Å². The van der Waals surface area contributed by atoms with Gasteiger partial charge in [0.25, 0.3) is 0 Å². The summed E-state index contributed by atoms with van der Waals surface area (Å²) < 4.78 is 14.0. The molecule has 0 saturated heterocycles. The van der Waals surface area contributed by atoms with Gasteiger partial charge in [0.15, 0.2) is 0 Å². The SMILES string of the molecule is CCCCCCCCOc1cc(C#C[Si](C)(C)CCCC#N)c(OCCCCCCCC)cc1C#Cc1ccc(-c2ccc(Br)cc2)cc1. The van der Waals surface area contributed by atoms with Crippen molar-refractivity contribution in [1.82, 2.24) is 0 Å². The average Bonchev–Trinajstić information content (AvgIpc) is 3.10. The summed E-state index contributed by atoms with van der Waals surface area (Å²) in [4.78, 5) is 0. The van der Waals surface area contributed by atoms with E-state index in [9.17, 15) is 0 Å². The first kappa shape index (κ1) is 40.0. The molecule has 0 unspecified atom stereocenters. The van der Waals surface area contributed by atoms with Gasteiger partial charge in [0, 0.05) is 28.6 Å². The van der Waals surface area contributed by atoms with E-state index in [0.29, 0.717) is 19.6 Å². The lowest BCUT2D eigenvalue weighted by Gasteiger charge is -2.15. The Bertz CT molecular complexity index is 1570. The van der Waals surface area contributed by atoms with Crippen molar-refractivity contribution in [3.63, 3.8) is 0 Å². The second kappa shape index (κ2) is 23.1. The lowest BCUT2D eigenvalue weighted by Crippen LogP contribution is -2.22. The van der Waals surface area contributed by atoms with Crippen LogP contribution in [0, 0.1) is 34.6 Å². The third-order valence-electron chi connectivity index (χ3n) is 8.62. The van der Waals surface area contributed by atoms with Crippen LogP contribution in [-0.4, -0.2) is 21.3 Å². The van der Waals surface area contributed by atoms with E-state index in [0.717, 1.165) is 63.5 Å². The first-order valence-corrected chi connectivity index (χ1v) is 22.6. The standard InChI is InChI=1S/C44H56BrNO2Si/c1-5-7-9-11-13-16-31-47-43-36-41(29-34-49(3,4)33-18-15-30-46)44(48-32-17-14-12-10-8-6-2)35-40(43)24-21-37-19-22-38(23-20-37)39-25-27-42(45)28-26-39/h19-20,22-23,25-28,35-36H,5-18,31-33H2,1-4H3. The summed E-state index contributed by atoms with van der Waals surface area (Å²) in [5.41, 5.74) is 8.61. The van der Waals surface area contributed by atoms with Crippen LogP contribution >= 0.6 is 15.9 Å². The van der Waals surface area contributed by atoms with Crippen LogP contribution in [0.4, 0.5) is 0 Å². The minimum Gasteiger partial charge on any atom is -0.492 e. The van der Waals surface area contributed by atoms with Crippen LogP contribution in [0.15, 0.2) is 65.1 Å². The monoisotopic (exact) mass is 737 g/mol. The highest BCUT2D eigenvalue weighted by atomic mass is 79.9. The number of nitriles is 1. The summed E-state index contributed by atoms with van der Waals surface area (Å²) in [7, 11) is -1.81. The summed E-state index contributed by atoms with van der Waals surface area (Å²) in [6.07, 6.45) is 16.0. The Morgan fingerprint density at radius 1 is 0.612 bits per heavy atom. The van der Waals surface area contributed by atoms with E-state index in [1.165, 1.54) is 69.8 Å². The fourth-order valence-electron chi connectivity index (χ4n) is 5.56. The van der Waals surface area contributed by atoms with E-state index in [2.05, 4.69) is 127 Å². The molecule has 0 spiro atoms. The number of unbranched alkanes of at least 4 members (excludes halogenated alkanes) is 11. The maximum absolute atomic E-state index is 9.04. The summed E-state index contributed by atoms with van der Waals surface area (Å²) in [5, 5.41) is 9.04. The van der Waals surface area contributed by atoms with Gasteiger partial charge in [-0.05, 0) is 60.7 Å². The average molecular weight is 739 g/mol. The molecule has 0 aromatic heterocycles. The highest BCUT2D eigenvalue weighted by Gasteiger charge is 2.18. The molecule has 0 heterocycles. The third kappa shape index (κ3) is 15.8. The van der Waals surface area contributed by atoms with E-state index >= 15 is 0 Å². The molecule has 0 amide bonds. The lowest BCUT2D eigenvalue weighted by molar-refractivity contribution is 0.295. The van der Waals surface area contributed by atoms with Crippen molar-refractivity contribution in [2.75, 3.05) is 13.2 Å². The van der Waals surface area contributed by atoms with E-state index in [1.807, 2.05) is 6.07 Å². The van der Waals surface area contributed by atoms with Crippen molar-refractivity contribution >= 4 is 24.0 Å². The Labute approximate surface area is 307 Å². The molecule has 0 aliphatic heterocycles. The number of nitrogens with zero attached hydrogens (tertiary/aromatic N) is 1. The minimum atomic E-state index is -1.81. The Morgan fingerprint density at radius 3 is 1.63 bits per heavy atom. The predicted molar refractivity (Wildman–Crippen MR) is 214 cm³/mol. The molecule has 0 N–H and O–H groups in total. The Balaban J connectivity index is 1.91. The summed E-state index contributed by atoms with van der Waals surface area (Å²) in [6.45, 7) is 10.4.